The SMILES string of the molecule is c1cnc2[nH]cc(CNCCN3CCOCC3)c2c1. The molecule has 0 saturated carbocycles. The Morgan fingerprint density at radius 2 is 2.26 bits per heavy atom. The number of pyridine rings is 1. The Labute approximate surface area is 113 Å². The summed E-state index contributed by atoms with van der Waals surface area (Å²) in [5.41, 5.74) is 2.25. The lowest BCUT2D eigenvalue weighted by atomic mass is 10.2. The van der Waals surface area contributed by atoms with E-state index in [2.05, 4.69) is 26.3 Å². The summed E-state index contributed by atoms with van der Waals surface area (Å²) in [5.74, 6) is 0. The molecule has 1 aliphatic heterocycles. The minimum Gasteiger partial charge on any atom is -0.379 e. The summed E-state index contributed by atoms with van der Waals surface area (Å²) in [6.07, 6.45) is 3.86. The Kier molecular flexibility index (Phi) is 4.07. The molecule has 3 rings (SSSR count). The van der Waals surface area contributed by atoms with Gasteiger partial charge in [0.2, 0.25) is 0 Å². The summed E-state index contributed by atoms with van der Waals surface area (Å²) in [4.78, 5) is 9.94. The van der Waals surface area contributed by atoms with Crippen LogP contribution in [0.1, 0.15) is 5.56 Å². The Morgan fingerprint density at radius 1 is 1.37 bits per heavy atom. The Balaban J connectivity index is 1.47. The van der Waals surface area contributed by atoms with Gasteiger partial charge in [0.05, 0.1) is 13.2 Å². The van der Waals surface area contributed by atoms with Gasteiger partial charge in [-0.15, -0.1) is 0 Å². The van der Waals surface area contributed by atoms with Gasteiger partial charge in [0.1, 0.15) is 5.65 Å². The molecule has 0 unspecified atom stereocenters. The monoisotopic (exact) mass is 260 g/mol. The first-order valence-electron chi connectivity index (χ1n) is 6.85. The Hall–Kier alpha value is -1.43. The predicted molar refractivity (Wildman–Crippen MR) is 75.1 cm³/mol. The number of ether oxygens (including phenoxy) is 1. The van der Waals surface area contributed by atoms with E-state index in [0.717, 1.165) is 51.6 Å². The van der Waals surface area contributed by atoms with Crippen molar-refractivity contribution in [3.05, 3.63) is 30.1 Å². The van der Waals surface area contributed by atoms with Crippen LogP contribution in [0.25, 0.3) is 11.0 Å². The fourth-order valence-electron chi connectivity index (χ4n) is 2.44. The molecular weight excluding hydrogens is 240 g/mol. The topological polar surface area (TPSA) is 53.2 Å². The Bertz CT molecular complexity index is 519. The molecule has 0 spiro atoms. The van der Waals surface area contributed by atoms with Crippen LogP contribution in [0.4, 0.5) is 0 Å². The average molecular weight is 260 g/mol. The third-order valence-corrected chi connectivity index (χ3v) is 3.56. The van der Waals surface area contributed by atoms with Crippen LogP contribution in [0.5, 0.6) is 0 Å². The van der Waals surface area contributed by atoms with Crippen LogP contribution in [0, 0.1) is 0 Å². The van der Waals surface area contributed by atoms with Gasteiger partial charge in [-0.05, 0) is 17.7 Å². The first-order valence-corrected chi connectivity index (χ1v) is 6.85. The van der Waals surface area contributed by atoms with Gasteiger partial charge in [-0.25, -0.2) is 4.98 Å². The molecule has 102 valence electrons. The molecule has 2 aromatic rings. The van der Waals surface area contributed by atoms with Gasteiger partial charge in [-0.2, -0.15) is 0 Å². The van der Waals surface area contributed by atoms with Crippen LogP contribution in [0.3, 0.4) is 0 Å². The lowest BCUT2D eigenvalue weighted by Crippen LogP contribution is -2.40. The summed E-state index contributed by atoms with van der Waals surface area (Å²) in [7, 11) is 0. The normalized spacial score (nSPS) is 17.1. The van der Waals surface area contributed by atoms with Crippen molar-refractivity contribution >= 4 is 11.0 Å². The van der Waals surface area contributed by atoms with Gasteiger partial charge in [-0.1, -0.05) is 0 Å². The number of fused-ring (bicyclic) bond motifs is 1. The zero-order chi connectivity index (χ0) is 12.9. The number of aromatic nitrogens is 2. The molecule has 0 radical (unpaired) electrons. The van der Waals surface area contributed by atoms with Crippen molar-refractivity contribution in [1.82, 2.24) is 20.2 Å². The van der Waals surface area contributed by atoms with Gasteiger partial charge >= 0.3 is 0 Å². The molecular formula is C14H20N4O. The molecule has 0 aliphatic carbocycles. The molecule has 5 heteroatoms. The highest BCUT2D eigenvalue weighted by Gasteiger charge is 2.09. The molecule has 0 bridgehead atoms. The quantitative estimate of drug-likeness (QED) is 0.787. The average Bonchev–Trinajstić information content (AvgIpc) is 2.88. The molecule has 1 saturated heterocycles. The molecule has 2 aromatic heterocycles. The van der Waals surface area contributed by atoms with E-state index >= 15 is 0 Å². The van der Waals surface area contributed by atoms with Crippen molar-refractivity contribution in [2.24, 2.45) is 0 Å². The summed E-state index contributed by atoms with van der Waals surface area (Å²) < 4.78 is 5.34. The number of morpholine rings is 1. The van der Waals surface area contributed by atoms with E-state index in [4.69, 9.17) is 4.74 Å². The van der Waals surface area contributed by atoms with Gasteiger partial charge in [-0.3, -0.25) is 4.90 Å². The van der Waals surface area contributed by atoms with Crippen LogP contribution in [0.2, 0.25) is 0 Å². The molecule has 3 heterocycles. The van der Waals surface area contributed by atoms with E-state index in [1.54, 1.807) is 0 Å². The largest absolute Gasteiger partial charge is 0.379 e. The van der Waals surface area contributed by atoms with Crippen molar-refractivity contribution in [1.29, 1.82) is 0 Å². The summed E-state index contributed by atoms with van der Waals surface area (Å²) in [6, 6.07) is 4.09. The van der Waals surface area contributed by atoms with E-state index in [1.165, 1.54) is 10.9 Å². The van der Waals surface area contributed by atoms with Crippen LogP contribution < -0.4 is 5.32 Å². The molecule has 2 N–H and O–H groups in total. The number of nitrogens with one attached hydrogen (secondary N) is 2. The molecule has 1 aliphatic rings. The minimum atomic E-state index is 0.869. The second-order valence-electron chi connectivity index (χ2n) is 4.84. The maximum Gasteiger partial charge on any atom is 0.137 e. The van der Waals surface area contributed by atoms with E-state index in [-0.39, 0.29) is 0 Å². The minimum absolute atomic E-state index is 0.869. The number of aromatic amines is 1. The van der Waals surface area contributed by atoms with Crippen molar-refractivity contribution in [2.45, 2.75) is 6.54 Å². The number of hydrogen-bond acceptors (Lipinski definition) is 4. The van der Waals surface area contributed by atoms with E-state index in [9.17, 15) is 0 Å². The van der Waals surface area contributed by atoms with Crippen LogP contribution in [-0.4, -0.2) is 54.3 Å². The highest BCUT2D eigenvalue weighted by Crippen LogP contribution is 2.14. The van der Waals surface area contributed by atoms with Gasteiger partial charge in [0.15, 0.2) is 0 Å². The molecule has 1 fully saturated rings. The highest BCUT2D eigenvalue weighted by molar-refractivity contribution is 5.79. The van der Waals surface area contributed by atoms with Crippen LogP contribution in [0.15, 0.2) is 24.5 Å². The van der Waals surface area contributed by atoms with Crippen molar-refractivity contribution < 1.29 is 4.74 Å². The van der Waals surface area contributed by atoms with Crippen LogP contribution >= 0.6 is 0 Å². The molecule has 0 amide bonds. The lowest BCUT2D eigenvalue weighted by Gasteiger charge is -2.26. The van der Waals surface area contributed by atoms with Crippen molar-refractivity contribution in [2.75, 3.05) is 39.4 Å². The van der Waals surface area contributed by atoms with E-state index in [1.807, 2.05) is 18.5 Å². The second kappa shape index (κ2) is 6.14. The number of hydrogen-bond donors (Lipinski definition) is 2. The van der Waals surface area contributed by atoms with Crippen molar-refractivity contribution in [3.63, 3.8) is 0 Å². The number of rotatable bonds is 5. The molecule has 5 nitrogen and oxygen atoms in total. The van der Waals surface area contributed by atoms with E-state index in [0.29, 0.717) is 0 Å². The fourth-order valence-corrected chi connectivity index (χ4v) is 2.44. The van der Waals surface area contributed by atoms with E-state index < -0.39 is 0 Å². The maximum absolute atomic E-state index is 5.34. The van der Waals surface area contributed by atoms with Crippen molar-refractivity contribution in [3.8, 4) is 0 Å². The first kappa shape index (κ1) is 12.6. The standard InChI is InChI=1S/C14H20N4O/c1-2-13-12(11-17-14(13)16-3-1)10-15-4-5-18-6-8-19-9-7-18/h1-3,11,15H,4-10H2,(H,16,17). The van der Waals surface area contributed by atoms with Gasteiger partial charge in [0.25, 0.3) is 0 Å². The first-order chi connectivity index (χ1) is 9.43. The third kappa shape index (κ3) is 3.12. The molecule has 0 atom stereocenters. The van der Waals surface area contributed by atoms with Gasteiger partial charge < -0.3 is 15.0 Å². The maximum atomic E-state index is 5.34. The smallest absolute Gasteiger partial charge is 0.137 e. The highest BCUT2D eigenvalue weighted by atomic mass is 16.5. The summed E-state index contributed by atoms with van der Waals surface area (Å²) in [5, 5.41) is 4.71. The second-order valence-corrected chi connectivity index (χ2v) is 4.84. The number of H-pyrrole nitrogens is 1. The summed E-state index contributed by atoms with van der Waals surface area (Å²) in [6.45, 7) is 6.83. The third-order valence-electron chi connectivity index (χ3n) is 3.56. The van der Waals surface area contributed by atoms with Gasteiger partial charge in [0, 0.05) is 50.5 Å². The zero-order valence-corrected chi connectivity index (χ0v) is 11.1. The fraction of sp³-hybridized carbons (Fsp3) is 0.500. The lowest BCUT2D eigenvalue weighted by molar-refractivity contribution is 0.0384. The van der Waals surface area contributed by atoms with Crippen LogP contribution in [-0.2, 0) is 11.3 Å². The zero-order valence-electron chi connectivity index (χ0n) is 11.1. The predicted octanol–water partition coefficient (Wildman–Crippen LogP) is 0.985. The Morgan fingerprint density at radius 3 is 3.16 bits per heavy atom. The molecule has 19 heavy (non-hydrogen) atoms. The summed E-state index contributed by atoms with van der Waals surface area (Å²) >= 11 is 0. The number of nitrogens with zero attached hydrogens (tertiary/aromatic N) is 2. The molecule has 0 aromatic carbocycles.